The van der Waals surface area contributed by atoms with E-state index in [1.807, 2.05) is 32.0 Å². The SMILES string of the molecule is Cc1cccc(NC(=O)CN2N=NC3C(=O)N(c4ccc(C)c(Cl)c4)C(=O)C32)c1. The molecular formula is C20H18ClN5O3. The average Bonchev–Trinajstić information content (AvgIpc) is 3.18. The molecule has 8 nitrogen and oxygen atoms in total. The number of imide groups is 1. The molecule has 0 aliphatic carbocycles. The molecule has 1 saturated heterocycles. The van der Waals surface area contributed by atoms with Gasteiger partial charge in [-0.3, -0.25) is 19.4 Å². The highest BCUT2D eigenvalue weighted by molar-refractivity contribution is 6.32. The van der Waals surface area contributed by atoms with Crippen molar-refractivity contribution in [2.75, 3.05) is 16.8 Å². The number of hydrogen-bond donors (Lipinski definition) is 1. The Morgan fingerprint density at radius 1 is 1.14 bits per heavy atom. The maximum Gasteiger partial charge on any atom is 0.263 e. The van der Waals surface area contributed by atoms with E-state index in [2.05, 4.69) is 15.7 Å². The summed E-state index contributed by atoms with van der Waals surface area (Å²) in [4.78, 5) is 39.2. The minimum Gasteiger partial charge on any atom is -0.324 e. The van der Waals surface area contributed by atoms with Gasteiger partial charge in [0.1, 0.15) is 6.54 Å². The van der Waals surface area contributed by atoms with Gasteiger partial charge in [-0.2, -0.15) is 5.11 Å². The molecule has 2 aromatic rings. The zero-order chi connectivity index (χ0) is 20.7. The highest BCUT2D eigenvalue weighted by atomic mass is 35.5. The summed E-state index contributed by atoms with van der Waals surface area (Å²) in [5.74, 6) is -1.31. The van der Waals surface area contributed by atoms with Gasteiger partial charge in [-0.25, -0.2) is 4.90 Å². The molecule has 4 rings (SSSR count). The fourth-order valence-corrected chi connectivity index (χ4v) is 3.57. The fraction of sp³-hybridized carbons (Fsp3) is 0.250. The molecule has 2 aromatic carbocycles. The van der Waals surface area contributed by atoms with Crippen LogP contribution in [-0.2, 0) is 14.4 Å². The Balaban J connectivity index is 1.50. The Hall–Kier alpha value is -3.26. The van der Waals surface area contributed by atoms with Crippen LogP contribution >= 0.6 is 11.6 Å². The van der Waals surface area contributed by atoms with Crippen molar-refractivity contribution >= 4 is 40.7 Å². The van der Waals surface area contributed by atoms with E-state index < -0.39 is 23.9 Å². The van der Waals surface area contributed by atoms with Crippen molar-refractivity contribution in [3.63, 3.8) is 0 Å². The standard InChI is InChI=1S/C20H18ClN5O3/c1-11-4-3-5-13(8-11)22-16(27)10-25-18-17(23-24-25)19(28)26(20(18)29)14-7-6-12(2)15(21)9-14/h3-9,17-18H,10H2,1-2H3,(H,22,27). The lowest BCUT2D eigenvalue weighted by molar-refractivity contribution is -0.123. The lowest BCUT2D eigenvalue weighted by atomic mass is 10.1. The molecule has 0 aromatic heterocycles. The van der Waals surface area contributed by atoms with Crippen LogP contribution in [0.15, 0.2) is 52.8 Å². The number of benzene rings is 2. The number of nitrogens with one attached hydrogen (secondary N) is 1. The van der Waals surface area contributed by atoms with E-state index in [4.69, 9.17) is 11.6 Å². The Bertz CT molecular complexity index is 1050. The highest BCUT2D eigenvalue weighted by Gasteiger charge is 2.55. The van der Waals surface area contributed by atoms with E-state index in [9.17, 15) is 14.4 Å². The third kappa shape index (κ3) is 3.47. The van der Waals surface area contributed by atoms with Gasteiger partial charge in [-0.1, -0.05) is 35.0 Å². The van der Waals surface area contributed by atoms with Gasteiger partial charge in [-0.15, -0.1) is 0 Å². The second kappa shape index (κ2) is 7.29. The van der Waals surface area contributed by atoms with Gasteiger partial charge in [0.2, 0.25) is 5.91 Å². The summed E-state index contributed by atoms with van der Waals surface area (Å²) >= 11 is 6.14. The van der Waals surface area contributed by atoms with E-state index in [1.54, 1.807) is 24.3 Å². The van der Waals surface area contributed by atoms with E-state index in [-0.39, 0.29) is 12.5 Å². The predicted octanol–water partition coefficient (Wildman–Crippen LogP) is 2.89. The minimum absolute atomic E-state index is 0.194. The number of nitrogens with zero attached hydrogens (tertiary/aromatic N) is 4. The van der Waals surface area contributed by atoms with Gasteiger partial charge in [0.15, 0.2) is 12.1 Å². The minimum atomic E-state index is -0.964. The molecule has 0 radical (unpaired) electrons. The van der Waals surface area contributed by atoms with Gasteiger partial charge >= 0.3 is 0 Å². The van der Waals surface area contributed by atoms with Crippen molar-refractivity contribution in [1.29, 1.82) is 0 Å². The number of hydrogen-bond acceptors (Lipinski definition) is 6. The Kier molecular flexibility index (Phi) is 4.79. The van der Waals surface area contributed by atoms with Crippen LogP contribution in [0, 0.1) is 13.8 Å². The number of rotatable bonds is 4. The van der Waals surface area contributed by atoms with E-state index >= 15 is 0 Å². The lowest BCUT2D eigenvalue weighted by Crippen LogP contribution is -2.43. The number of aryl methyl sites for hydroxylation is 2. The summed E-state index contributed by atoms with van der Waals surface area (Å²) in [5, 5.41) is 12.3. The quantitative estimate of drug-likeness (QED) is 0.782. The van der Waals surface area contributed by atoms with Crippen LogP contribution in [0.2, 0.25) is 5.02 Å². The Labute approximate surface area is 172 Å². The van der Waals surface area contributed by atoms with Crippen molar-refractivity contribution in [2.24, 2.45) is 10.3 Å². The van der Waals surface area contributed by atoms with Crippen LogP contribution < -0.4 is 10.2 Å². The zero-order valence-electron chi connectivity index (χ0n) is 15.8. The topological polar surface area (TPSA) is 94.4 Å². The lowest BCUT2D eigenvalue weighted by Gasteiger charge is -2.20. The molecule has 2 aliphatic heterocycles. The fourth-order valence-electron chi connectivity index (χ4n) is 3.40. The molecule has 148 valence electrons. The number of anilines is 2. The molecule has 9 heteroatoms. The average molecular weight is 412 g/mol. The van der Waals surface area contributed by atoms with Crippen molar-refractivity contribution in [1.82, 2.24) is 5.01 Å². The first-order chi connectivity index (χ1) is 13.8. The summed E-state index contributed by atoms with van der Waals surface area (Å²) in [6, 6.07) is 10.4. The third-order valence-electron chi connectivity index (χ3n) is 4.88. The molecular weight excluding hydrogens is 394 g/mol. The summed E-state index contributed by atoms with van der Waals surface area (Å²) in [6.07, 6.45) is 0. The summed E-state index contributed by atoms with van der Waals surface area (Å²) < 4.78 is 0. The molecule has 3 amide bonds. The molecule has 0 spiro atoms. The number of halogens is 1. The summed E-state index contributed by atoms with van der Waals surface area (Å²) in [5.41, 5.74) is 2.87. The van der Waals surface area contributed by atoms with E-state index in [1.165, 1.54) is 5.01 Å². The van der Waals surface area contributed by atoms with Gasteiger partial charge < -0.3 is 5.32 Å². The van der Waals surface area contributed by atoms with Crippen molar-refractivity contribution < 1.29 is 14.4 Å². The number of carbonyl (C=O) groups is 3. The van der Waals surface area contributed by atoms with Crippen molar-refractivity contribution in [2.45, 2.75) is 25.9 Å². The second-order valence-corrected chi connectivity index (χ2v) is 7.46. The largest absolute Gasteiger partial charge is 0.324 e. The van der Waals surface area contributed by atoms with Crippen LogP contribution in [-0.4, -0.2) is 41.4 Å². The summed E-state index contributed by atoms with van der Waals surface area (Å²) in [6.45, 7) is 3.56. The molecule has 0 saturated carbocycles. The molecule has 2 unspecified atom stereocenters. The monoisotopic (exact) mass is 411 g/mol. The molecule has 29 heavy (non-hydrogen) atoms. The van der Waals surface area contributed by atoms with Gasteiger partial charge in [0.05, 0.1) is 5.69 Å². The van der Waals surface area contributed by atoms with E-state index in [0.29, 0.717) is 16.4 Å². The van der Waals surface area contributed by atoms with Gasteiger partial charge in [0, 0.05) is 10.7 Å². The Morgan fingerprint density at radius 2 is 1.93 bits per heavy atom. The van der Waals surface area contributed by atoms with Crippen molar-refractivity contribution in [3.05, 3.63) is 58.6 Å². The maximum absolute atomic E-state index is 13.0. The smallest absolute Gasteiger partial charge is 0.263 e. The molecule has 2 atom stereocenters. The van der Waals surface area contributed by atoms with Gasteiger partial charge in [0.25, 0.3) is 11.8 Å². The zero-order valence-corrected chi connectivity index (χ0v) is 16.6. The molecule has 1 fully saturated rings. The number of fused-ring (bicyclic) bond motifs is 1. The molecule has 2 heterocycles. The van der Waals surface area contributed by atoms with Gasteiger partial charge in [-0.05, 0) is 49.2 Å². The first kappa shape index (κ1) is 19.1. The molecule has 2 aliphatic rings. The second-order valence-electron chi connectivity index (χ2n) is 7.06. The predicted molar refractivity (Wildman–Crippen MR) is 108 cm³/mol. The first-order valence-electron chi connectivity index (χ1n) is 9.03. The maximum atomic E-state index is 13.0. The molecule has 0 bridgehead atoms. The van der Waals surface area contributed by atoms with E-state index in [0.717, 1.165) is 16.0 Å². The van der Waals surface area contributed by atoms with Crippen LogP contribution in [0.1, 0.15) is 11.1 Å². The van der Waals surface area contributed by atoms with Crippen LogP contribution in [0.3, 0.4) is 0 Å². The van der Waals surface area contributed by atoms with Crippen molar-refractivity contribution in [3.8, 4) is 0 Å². The third-order valence-corrected chi connectivity index (χ3v) is 5.29. The number of amides is 3. The highest BCUT2D eigenvalue weighted by Crippen LogP contribution is 2.33. The van der Waals surface area contributed by atoms with Crippen LogP contribution in [0.5, 0.6) is 0 Å². The number of carbonyl (C=O) groups excluding carboxylic acids is 3. The Morgan fingerprint density at radius 3 is 2.66 bits per heavy atom. The normalized spacial score (nSPS) is 20.4. The summed E-state index contributed by atoms with van der Waals surface area (Å²) in [7, 11) is 0. The molecule has 1 N–H and O–H groups in total. The first-order valence-corrected chi connectivity index (χ1v) is 9.41. The van der Waals surface area contributed by atoms with Crippen LogP contribution in [0.25, 0.3) is 0 Å². The van der Waals surface area contributed by atoms with Crippen LogP contribution in [0.4, 0.5) is 11.4 Å².